The molecule has 2 nitrogen and oxygen atoms in total. The number of carbonyl (C=O) groups is 1. The molecule has 1 heterocycles. The van der Waals surface area contributed by atoms with Crippen molar-refractivity contribution in [2.75, 3.05) is 13.1 Å². The smallest absolute Gasteiger partial charge is 0.256 e. The molecule has 2 unspecified atom stereocenters. The van der Waals surface area contributed by atoms with Gasteiger partial charge in [0.05, 0.1) is 10.9 Å². The minimum absolute atomic E-state index is 0.0422. The van der Waals surface area contributed by atoms with Crippen LogP contribution in [0.25, 0.3) is 0 Å². The Hall–Kier alpha value is -1.09. The molecule has 0 radical (unpaired) electrons. The second-order valence-electron chi connectivity index (χ2n) is 4.51. The van der Waals surface area contributed by atoms with Crippen LogP contribution in [0.4, 0.5) is 4.39 Å². The van der Waals surface area contributed by atoms with Crippen LogP contribution in [0.15, 0.2) is 24.3 Å². The first-order chi connectivity index (χ1) is 8.09. The van der Waals surface area contributed by atoms with E-state index in [1.54, 1.807) is 17.0 Å². The van der Waals surface area contributed by atoms with Crippen LogP contribution in [0.3, 0.4) is 0 Å². The van der Waals surface area contributed by atoms with Crippen LogP contribution in [0.2, 0.25) is 0 Å². The van der Waals surface area contributed by atoms with E-state index in [4.69, 9.17) is 11.6 Å². The van der Waals surface area contributed by atoms with Gasteiger partial charge in [-0.15, -0.1) is 11.6 Å². The molecule has 1 aromatic carbocycles. The second kappa shape index (κ2) is 5.05. The van der Waals surface area contributed by atoms with E-state index in [0.29, 0.717) is 19.0 Å². The molecule has 17 heavy (non-hydrogen) atoms. The standard InChI is InChI=1S/C13H15ClFNO/c1-9-6-7-16(8-11(9)14)13(17)10-4-2-3-5-12(10)15/h2-5,9,11H,6-8H2,1H3. The lowest BCUT2D eigenvalue weighted by Crippen LogP contribution is -2.44. The molecule has 0 saturated carbocycles. The number of amides is 1. The zero-order valence-corrected chi connectivity index (χ0v) is 10.5. The summed E-state index contributed by atoms with van der Waals surface area (Å²) in [6.45, 7) is 3.22. The number of hydrogen-bond donors (Lipinski definition) is 0. The van der Waals surface area contributed by atoms with Gasteiger partial charge in [-0.25, -0.2) is 4.39 Å². The molecule has 1 aromatic rings. The number of benzene rings is 1. The van der Waals surface area contributed by atoms with Gasteiger partial charge in [0.2, 0.25) is 0 Å². The SMILES string of the molecule is CC1CCN(C(=O)c2ccccc2F)CC1Cl. The van der Waals surface area contributed by atoms with Gasteiger partial charge in [0, 0.05) is 13.1 Å². The van der Waals surface area contributed by atoms with E-state index in [0.717, 1.165) is 6.42 Å². The van der Waals surface area contributed by atoms with Gasteiger partial charge in [0.15, 0.2) is 0 Å². The lowest BCUT2D eigenvalue weighted by Gasteiger charge is -2.34. The van der Waals surface area contributed by atoms with Crippen molar-refractivity contribution >= 4 is 17.5 Å². The van der Waals surface area contributed by atoms with Crippen molar-refractivity contribution in [1.82, 2.24) is 4.90 Å². The molecule has 0 spiro atoms. The van der Waals surface area contributed by atoms with Crippen LogP contribution in [0.1, 0.15) is 23.7 Å². The average molecular weight is 256 g/mol. The van der Waals surface area contributed by atoms with E-state index in [2.05, 4.69) is 6.92 Å². The normalized spacial score (nSPS) is 24.8. The summed E-state index contributed by atoms with van der Waals surface area (Å²) >= 11 is 6.15. The molecule has 2 atom stereocenters. The van der Waals surface area contributed by atoms with E-state index >= 15 is 0 Å². The minimum Gasteiger partial charge on any atom is -0.337 e. The highest BCUT2D eigenvalue weighted by atomic mass is 35.5. The molecule has 4 heteroatoms. The summed E-state index contributed by atoms with van der Waals surface area (Å²) in [6.07, 6.45) is 0.869. The van der Waals surface area contributed by atoms with Crippen molar-refractivity contribution in [3.05, 3.63) is 35.6 Å². The summed E-state index contributed by atoms with van der Waals surface area (Å²) in [7, 11) is 0. The number of rotatable bonds is 1. The van der Waals surface area contributed by atoms with Crippen molar-refractivity contribution in [2.45, 2.75) is 18.7 Å². The molecule has 1 saturated heterocycles. The molecule has 1 aliphatic rings. The number of nitrogens with zero attached hydrogens (tertiary/aromatic N) is 1. The van der Waals surface area contributed by atoms with Gasteiger partial charge in [-0.3, -0.25) is 4.79 Å². The molecule has 1 aliphatic heterocycles. The van der Waals surface area contributed by atoms with Crippen molar-refractivity contribution in [2.24, 2.45) is 5.92 Å². The van der Waals surface area contributed by atoms with Gasteiger partial charge < -0.3 is 4.90 Å². The molecular weight excluding hydrogens is 241 g/mol. The first kappa shape index (κ1) is 12.4. The quantitative estimate of drug-likeness (QED) is 0.707. The van der Waals surface area contributed by atoms with E-state index in [1.165, 1.54) is 12.1 Å². The summed E-state index contributed by atoms with van der Waals surface area (Å²) in [5.41, 5.74) is 0.130. The van der Waals surface area contributed by atoms with Crippen LogP contribution in [0, 0.1) is 11.7 Å². The Kier molecular flexibility index (Phi) is 3.67. The lowest BCUT2D eigenvalue weighted by molar-refractivity contribution is 0.0696. The van der Waals surface area contributed by atoms with Crippen molar-refractivity contribution in [3.8, 4) is 0 Å². The van der Waals surface area contributed by atoms with Crippen molar-refractivity contribution < 1.29 is 9.18 Å². The summed E-state index contributed by atoms with van der Waals surface area (Å²) < 4.78 is 13.5. The number of carbonyl (C=O) groups excluding carboxylic acids is 1. The fraction of sp³-hybridized carbons (Fsp3) is 0.462. The summed E-state index contributed by atoms with van der Waals surface area (Å²) in [6, 6.07) is 6.06. The van der Waals surface area contributed by atoms with Crippen LogP contribution in [0.5, 0.6) is 0 Å². The fourth-order valence-corrected chi connectivity index (χ4v) is 2.30. The Morgan fingerprint density at radius 2 is 2.18 bits per heavy atom. The predicted octanol–water partition coefficient (Wildman–Crippen LogP) is 2.92. The highest BCUT2D eigenvalue weighted by Crippen LogP contribution is 2.23. The van der Waals surface area contributed by atoms with Crippen LogP contribution < -0.4 is 0 Å². The van der Waals surface area contributed by atoms with Crippen molar-refractivity contribution in [1.29, 1.82) is 0 Å². The molecular formula is C13H15ClFNO. The molecule has 0 aliphatic carbocycles. The summed E-state index contributed by atoms with van der Waals surface area (Å²) in [4.78, 5) is 13.7. The maximum absolute atomic E-state index is 13.5. The topological polar surface area (TPSA) is 20.3 Å². The Morgan fingerprint density at radius 3 is 2.82 bits per heavy atom. The van der Waals surface area contributed by atoms with Gasteiger partial charge in [-0.1, -0.05) is 19.1 Å². The minimum atomic E-state index is -0.470. The fourth-order valence-electron chi connectivity index (χ4n) is 2.01. The molecule has 1 fully saturated rings. The third kappa shape index (κ3) is 2.60. The Bertz CT molecular complexity index is 424. The van der Waals surface area contributed by atoms with Crippen LogP contribution >= 0.6 is 11.6 Å². The number of piperidine rings is 1. The number of alkyl halides is 1. The maximum Gasteiger partial charge on any atom is 0.256 e. The van der Waals surface area contributed by atoms with Gasteiger partial charge >= 0.3 is 0 Å². The van der Waals surface area contributed by atoms with Crippen molar-refractivity contribution in [3.63, 3.8) is 0 Å². The third-order valence-corrected chi connectivity index (χ3v) is 3.83. The van der Waals surface area contributed by atoms with Crippen LogP contribution in [-0.4, -0.2) is 29.3 Å². The van der Waals surface area contributed by atoms with E-state index < -0.39 is 5.82 Å². The first-order valence-corrected chi connectivity index (χ1v) is 6.21. The van der Waals surface area contributed by atoms with E-state index in [-0.39, 0.29) is 16.8 Å². The van der Waals surface area contributed by atoms with E-state index in [9.17, 15) is 9.18 Å². The molecule has 0 bridgehead atoms. The molecule has 0 aromatic heterocycles. The zero-order chi connectivity index (χ0) is 12.4. The lowest BCUT2D eigenvalue weighted by atomic mass is 9.98. The average Bonchev–Trinajstić information content (AvgIpc) is 2.32. The molecule has 1 amide bonds. The van der Waals surface area contributed by atoms with Gasteiger partial charge in [-0.2, -0.15) is 0 Å². The van der Waals surface area contributed by atoms with Crippen LogP contribution in [-0.2, 0) is 0 Å². The highest BCUT2D eigenvalue weighted by molar-refractivity contribution is 6.21. The van der Waals surface area contributed by atoms with Gasteiger partial charge in [-0.05, 0) is 24.5 Å². The van der Waals surface area contributed by atoms with E-state index in [1.807, 2.05) is 0 Å². The monoisotopic (exact) mass is 255 g/mol. The summed E-state index contributed by atoms with van der Waals surface area (Å²) in [5.74, 6) is -0.329. The third-order valence-electron chi connectivity index (χ3n) is 3.26. The zero-order valence-electron chi connectivity index (χ0n) is 9.70. The Labute approximate surface area is 105 Å². The second-order valence-corrected chi connectivity index (χ2v) is 5.07. The predicted molar refractivity (Wildman–Crippen MR) is 65.7 cm³/mol. The number of likely N-dealkylation sites (tertiary alicyclic amines) is 1. The summed E-state index contributed by atoms with van der Waals surface area (Å²) in [5, 5.41) is -0.0422. The Morgan fingerprint density at radius 1 is 1.47 bits per heavy atom. The van der Waals surface area contributed by atoms with Gasteiger partial charge in [0.25, 0.3) is 5.91 Å². The Balaban J connectivity index is 2.14. The van der Waals surface area contributed by atoms with Gasteiger partial charge in [0.1, 0.15) is 5.82 Å². The largest absolute Gasteiger partial charge is 0.337 e. The first-order valence-electron chi connectivity index (χ1n) is 5.77. The molecule has 0 N–H and O–H groups in total. The molecule has 2 rings (SSSR count). The molecule has 92 valence electrons. The highest BCUT2D eigenvalue weighted by Gasteiger charge is 2.28. The number of hydrogen-bond acceptors (Lipinski definition) is 1. The maximum atomic E-state index is 13.5. The number of halogens is 2.